The molecule has 5 nitrogen and oxygen atoms in total. The molecule has 0 aliphatic heterocycles. The highest BCUT2D eigenvalue weighted by molar-refractivity contribution is 5.99. The predicted molar refractivity (Wildman–Crippen MR) is 111 cm³/mol. The third-order valence-corrected chi connectivity index (χ3v) is 4.93. The minimum atomic E-state index is -1.09. The van der Waals surface area contributed by atoms with Gasteiger partial charge in [-0.15, -0.1) is 0 Å². The van der Waals surface area contributed by atoms with Crippen LogP contribution in [0.15, 0.2) is 60.7 Å². The van der Waals surface area contributed by atoms with E-state index < -0.39 is 11.8 Å². The van der Waals surface area contributed by atoms with E-state index in [-0.39, 0.29) is 18.0 Å². The molecule has 0 aromatic heterocycles. The van der Waals surface area contributed by atoms with Crippen LogP contribution in [0, 0.1) is 12.7 Å². The third kappa shape index (κ3) is 4.27. The van der Waals surface area contributed by atoms with Crippen LogP contribution in [-0.4, -0.2) is 35.2 Å². The summed E-state index contributed by atoms with van der Waals surface area (Å²) < 4.78 is 14.4. The molecule has 1 N–H and O–H groups in total. The van der Waals surface area contributed by atoms with E-state index in [1.807, 2.05) is 0 Å². The number of hydrogen-bond acceptors (Lipinski definition) is 3. The normalized spacial score (nSPS) is 10.5. The lowest BCUT2D eigenvalue weighted by Crippen LogP contribution is -2.27. The zero-order valence-corrected chi connectivity index (χ0v) is 16.6. The SMILES string of the molecule is Cc1c(C(=O)O)cccc1C(=O)N(C)Cc1ccc(F)c(-c2cccc(C=O)c2)c1. The molecule has 0 aliphatic rings. The van der Waals surface area contributed by atoms with Crippen LogP contribution in [0.4, 0.5) is 4.39 Å². The minimum absolute atomic E-state index is 0.0772. The number of carboxylic acid groups (broad SMARTS) is 1. The van der Waals surface area contributed by atoms with Crippen molar-refractivity contribution in [3.05, 3.63) is 94.3 Å². The second-order valence-corrected chi connectivity index (χ2v) is 7.00. The van der Waals surface area contributed by atoms with Gasteiger partial charge in [0.2, 0.25) is 0 Å². The molecule has 0 unspecified atom stereocenters. The van der Waals surface area contributed by atoms with Gasteiger partial charge in [0, 0.05) is 30.3 Å². The topological polar surface area (TPSA) is 74.7 Å². The van der Waals surface area contributed by atoms with Crippen LogP contribution in [0.25, 0.3) is 11.1 Å². The first-order chi connectivity index (χ1) is 14.3. The van der Waals surface area contributed by atoms with Crippen molar-refractivity contribution in [3.63, 3.8) is 0 Å². The van der Waals surface area contributed by atoms with Crippen LogP contribution in [0.1, 0.15) is 42.2 Å². The molecule has 0 heterocycles. The summed E-state index contributed by atoms with van der Waals surface area (Å²) in [4.78, 5) is 36.7. The number of benzene rings is 3. The fourth-order valence-corrected chi connectivity index (χ4v) is 3.32. The summed E-state index contributed by atoms with van der Waals surface area (Å²) in [5, 5.41) is 9.27. The highest BCUT2D eigenvalue weighted by Gasteiger charge is 2.19. The Kier molecular flexibility index (Phi) is 6.06. The molecule has 1 amide bonds. The van der Waals surface area contributed by atoms with Gasteiger partial charge in [0.15, 0.2) is 0 Å². The van der Waals surface area contributed by atoms with Crippen molar-refractivity contribution in [2.45, 2.75) is 13.5 Å². The number of hydrogen-bond donors (Lipinski definition) is 1. The molecule has 6 heteroatoms. The van der Waals surface area contributed by atoms with E-state index in [1.165, 1.54) is 23.1 Å². The van der Waals surface area contributed by atoms with Crippen molar-refractivity contribution in [1.82, 2.24) is 4.90 Å². The lowest BCUT2D eigenvalue weighted by atomic mass is 9.99. The van der Waals surface area contributed by atoms with Gasteiger partial charge in [-0.05, 0) is 53.9 Å². The van der Waals surface area contributed by atoms with Crippen molar-refractivity contribution in [3.8, 4) is 11.1 Å². The molecule has 152 valence electrons. The van der Waals surface area contributed by atoms with E-state index in [4.69, 9.17) is 0 Å². The Hall–Kier alpha value is -3.80. The van der Waals surface area contributed by atoms with Gasteiger partial charge in [-0.2, -0.15) is 0 Å². The van der Waals surface area contributed by atoms with Gasteiger partial charge in [0.1, 0.15) is 12.1 Å². The fraction of sp³-hybridized carbons (Fsp3) is 0.125. The van der Waals surface area contributed by atoms with Crippen LogP contribution >= 0.6 is 0 Å². The molecule has 0 radical (unpaired) electrons. The second-order valence-electron chi connectivity index (χ2n) is 7.00. The van der Waals surface area contributed by atoms with Crippen molar-refractivity contribution in [1.29, 1.82) is 0 Å². The predicted octanol–water partition coefficient (Wildman–Crippen LogP) is 4.58. The number of carboxylic acids is 1. The molecule has 0 bridgehead atoms. The zero-order chi connectivity index (χ0) is 21.8. The Bertz CT molecular complexity index is 1140. The Labute approximate surface area is 173 Å². The van der Waals surface area contributed by atoms with Crippen LogP contribution in [-0.2, 0) is 6.54 Å². The van der Waals surface area contributed by atoms with Crippen LogP contribution in [0.5, 0.6) is 0 Å². The van der Waals surface area contributed by atoms with Gasteiger partial charge in [-0.25, -0.2) is 9.18 Å². The molecule has 0 fully saturated rings. The van der Waals surface area contributed by atoms with E-state index in [9.17, 15) is 23.9 Å². The highest BCUT2D eigenvalue weighted by atomic mass is 19.1. The van der Waals surface area contributed by atoms with Crippen LogP contribution in [0.3, 0.4) is 0 Å². The van der Waals surface area contributed by atoms with E-state index in [0.29, 0.717) is 39.7 Å². The average molecular weight is 405 g/mol. The second kappa shape index (κ2) is 8.69. The fourth-order valence-electron chi connectivity index (χ4n) is 3.32. The van der Waals surface area contributed by atoms with Crippen molar-refractivity contribution in [2.75, 3.05) is 7.05 Å². The van der Waals surface area contributed by atoms with Gasteiger partial charge < -0.3 is 10.0 Å². The first kappa shape index (κ1) is 20.9. The van der Waals surface area contributed by atoms with Crippen molar-refractivity contribution < 1.29 is 23.9 Å². The lowest BCUT2D eigenvalue weighted by molar-refractivity contribution is 0.0696. The molecule has 3 aromatic carbocycles. The van der Waals surface area contributed by atoms with Gasteiger partial charge >= 0.3 is 5.97 Å². The Morgan fingerprint density at radius 1 is 1.03 bits per heavy atom. The number of aromatic carboxylic acids is 1. The maximum absolute atomic E-state index is 14.4. The monoisotopic (exact) mass is 405 g/mol. The van der Waals surface area contributed by atoms with E-state index in [2.05, 4.69) is 0 Å². The standard InChI is InChI=1S/C24H20FNO4/c1-15-19(7-4-8-20(15)24(29)30)23(28)26(2)13-16-9-10-22(25)21(12-16)18-6-3-5-17(11-18)14-27/h3-12,14H,13H2,1-2H3,(H,29,30). The largest absolute Gasteiger partial charge is 0.478 e. The summed E-state index contributed by atoms with van der Waals surface area (Å²) in [6.45, 7) is 1.80. The number of aldehydes is 1. The van der Waals surface area contributed by atoms with E-state index >= 15 is 0 Å². The Morgan fingerprint density at radius 2 is 1.73 bits per heavy atom. The van der Waals surface area contributed by atoms with Gasteiger partial charge in [0.25, 0.3) is 5.91 Å². The zero-order valence-electron chi connectivity index (χ0n) is 16.6. The van der Waals surface area contributed by atoms with Gasteiger partial charge in [-0.3, -0.25) is 9.59 Å². The highest BCUT2D eigenvalue weighted by Crippen LogP contribution is 2.25. The molecule has 0 saturated heterocycles. The summed E-state index contributed by atoms with van der Waals surface area (Å²) in [5.41, 5.74) is 2.82. The molecule has 3 rings (SSSR count). The first-order valence-corrected chi connectivity index (χ1v) is 9.24. The average Bonchev–Trinajstić information content (AvgIpc) is 2.74. The third-order valence-electron chi connectivity index (χ3n) is 4.93. The lowest BCUT2D eigenvalue weighted by Gasteiger charge is -2.20. The number of halogens is 1. The molecule has 3 aromatic rings. The van der Waals surface area contributed by atoms with Gasteiger partial charge in [-0.1, -0.05) is 30.3 Å². The summed E-state index contributed by atoms with van der Waals surface area (Å²) in [6, 6.07) is 15.8. The van der Waals surface area contributed by atoms with Crippen LogP contribution < -0.4 is 0 Å². The Balaban J connectivity index is 1.88. The summed E-state index contributed by atoms with van der Waals surface area (Å²) in [7, 11) is 1.60. The number of nitrogens with zero attached hydrogens (tertiary/aromatic N) is 1. The first-order valence-electron chi connectivity index (χ1n) is 9.24. The maximum atomic E-state index is 14.4. The van der Waals surface area contributed by atoms with Crippen molar-refractivity contribution in [2.24, 2.45) is 0 Å². The molecule has 0 spiro atoms. The molecule has 0 saturated carbocycles. The van der Waals surface area contributed by atoms with Gasteiger partial charge in [0.05, 0.1) is 5.56 Å². The number of rotatable bonds is 6. The smallest absolute Gasteiger partial charge is 0.335 e. The molecular weight excluding hydrogens is 385 g/mol. The number of carbonyl (C=O) groups is 3. The number of amides is 1. The molecule has 30 heavy (non-hydrogen) atoms. The van der Waals surface area contributed by atoms with E-state index in [0.717, 1.165) is 0 Å². The molecule has 0 atom stereocenters. The van der Waals surface area contributed by atoms with Crippen LogP contribution in [0.2, 0.25) is 0 Å². The Morgan fingerprint density at radius 3 is 2.43 bits per heavy atom. The minimum Gasteiger partial charge on any atom is -0.478 e. The quantitative estimate of drug-likeness (QED) is 0.609. The van der Waals surface area contributed by atoms with Crippen molar-refractivity contribution >= 4 is 18.2 Å². The summed E-state index contributed by atoms with van der Waals surface area (Å²) >= 11 is 0. The number of carbonyl (C=O) groups excluding carboxylic acids is 2. The van der Waals surface area contributed by atoms with E-state index in [1.54, 1.807) is 56.4 Å². The molecular formula is C24H20FNO4. The summed E-state index contributed by atoms with van der Waals surface area (Å²) in [5.74, 6) is -1.85. The molecule has 0 aliphatic carbocycles. The maximum Gasteiger partial charge on any atom is 0.335 e. The summed E-state index contributed by atoms with van der Waals surface area (Å²) in [6.07, 6.45) is 0.700.